The molecule has 2 aromatic heterocycles. The Morgan fingerprint density at radius 2 is 2.07 bits per heavy atom. The molecule has 1 aliphatic rings. The molecule has 3 aromatic rings. The number of nitrogens with zero attached hydrogens (tertiary/aromatic N) is 2. The molecule has 1 aromatic carbocycles. The molecular formula is C20H15IN2O4S. The maximum Gasteiger partial charge on any atom is 0.202 e. The minimum Gasteiger partial charge on any atom is -0.463 e. The average molecular weight is 506 g/mol. The van der Waals surface area contributed by atoms with Gasteiger partial charge in [0.2, 0.25) is 5.43 Å². The summed E-state index contributed by atoms with van der Waals surface area (Å²) in [6, 6.07) is 8.97. The van der Waals surface area contributed by atoms with Gasteiger partial charge in [-0.05, 0) is 65.3 Å². The van der Waals surface area contributed by atoms with E-state index in [0.717, 1.165) is 3.57 Å². The summed E-state index contributed by atoms with van der Waals surface area (Å²) in [5.74, 6) is -0.137. The zero-order valence-electron chi connectivity index (χ0n) is 14.9. The highest BCUT2D eigenvalue weighted by Crippen LogP contribution is 2.48. The Balaban J connectivity index is 2.00. The summed E-state index contributed by atoms with van der Waals surface area (Å²) >= 11 is 2.10. The van der Waals surface area contributed by atoms with Crippen LogP contribution in [0.5, 0.6) is 0 Å². The number of benzene rings is 1. The second-order valence-electron chi connectivity index (χ2n) is 6.79. The van der Waals surface area contributed by atoms with Crippen molar-refractivity contribution in [3.8, 4) is 17.3 Å². The lowest BCUT2D eigenvalue weighted by molar-refractivity contribution is 0.596. The molecule has 0 amide bonds. The Labute approximate surface area is 175 Å². The summed E-state index contributed by atoms with van der Waals surface area (Å²) in [4.78, 5) is 17.3. The minimum atomic E-state index is -3.67. The molecule has 0 spiro atoms. The van der Waals surface area contributed by atoms with E-state index in [1.807, 2.05) is 6.07 Å². The van der Waals surface area contributed by atoms with Crippen LogP contribution in [0, 0.1) is 14.9 Å². The van der Waals surface area contributed by atoms with Gasteiger partial charge in [-0.3, -0.25) is 9.78 Å². The van der Waals surface area contributed by atoms with E-state index >= 15 is 0 Å². The first-order valence-electron chi connectivity index (χ1n) is 8.67. The first-order chi connectivity index (χ1) is 13.3. The van der Waals surface area contributed by atoms with Gasteiger partial charge < -0.3 is 4.42 Å². The van der Waals surface area contributed by atoms with Gasteiger partial charge in [-0.1, -0.05) is 6.92 Å². The Bertz CT molecular complexity index is 1320. The van der Waals surface area contributed by atoms with Gasteiger partial charge in [0.05, 0.1) is 38.8 Å². The van der Waals surface area contributed by atoms with E-state index in [-0.39, 0.29) is 27.3 Å². The van der Waals surface area contributed by atoms with Gasteiger partial charge >= 0.3 is 0 Å². The highest BCUT2D eigenvalue weighted by molar-refractivity contribution is 14.1. The van der Waals surface area contributed by atoms with Crippen molar-refractivity contribution in [3.05, 3.63) is 56.1 Å². The summed E-state index contributed by atoms with van der Waals surface area (Å²) in [5, 5.41) is 9.81. The fourth-order valence-electron chi connectivity index (χ4n) is 3.16. The lowest BCUT2D eigenvalue weighted by Crippen LogP contribution is -2.14. The van der Waals surface area contributed by atoms with Crippen LogP contribution in [0.3, 0.4) is 0 Å². The maximum atomic E-state index is 13.0. The van der Waals surface area contributed by atoms with Gasteiger partial charge in [0.15, 0.2) is 9.84 Å². The number of sulfone groups is 1. The fourth-order valence-corrected chi connectivity index (χ4v) is 4.72. The van der Waals surface area contributed by atoms with Crippen LogP contribution in [0.15, 0.2) is 50.8 Å². The summed E-state index contributed by atoms with van der Waals surface area (Å²) in [7, 11) is -3.67. The molecule has 1 aliphatic carbocycles. The molecule has 2 heterocycles. The third kappa shape index (κ3) is 3.02. The van der Waals surface area contributed by atoms with Gasteiger partial charge in [-0.2, -0.15) is 5.26 Å². The van der Waals surface area contributed by atoms with Crippen LogP contribution >= 0.6 is 22.6 Å². The Morgan fingerprint density at radius 3 is 2.71 bits per heavy atom. The second kappa shape index (κ2) is 6.67. The fraction of sp³-hybridized carbons (Fsp3) is 0.250. The number of pyridine rings is 1. The summed E-state index contributed by atoms with van der Waals surface area (Å²) in [6.07, 6.45) is 4.10. The average Bonchev–Trinajstić information content (AvgIpc) is 3.50. The molecule has 142 valence electrons. The maximum absolute atomic E-state index is 13.0. The van der Waals surface area contributed by atoms with Crippen LogP contribution in [-0.2, 0) is 15.3 Å². The van der Waals surface area contributed by atoms with Crippen molar-refractivity contribution in [3.63, 3.8) is 0 Å². The number of hydrogen-bond acceptors (Lipinski definition) is 6. The Morgan fingerprint density at radius 1 is 1.32 bits per heavy atom. The van der Waals surface area contributed by atoms with Crippen molar-refractivity contribution < 1.29 is 12.8 Å². The number of nitriles is 1. The van der Waals surface area contributed by atoms with E-state index in [0.29, 0.717) is 29.4 Å². The predicted molar refractivity (Wildman–Crippen MR) is 113 cm³/mol. The molecule has 8 heteroatoms. The summed E-state index contributed by atoms with van der Waals surface area (Å²) in [6.45, 7) is 1.54. The summed E-state index contributed by atoms with van der Waals surface area (Å²) < 4.78 is 32.0. The van der Waals surface area contributed by atoms with E-state index in [1.165, 1.54) is 25.5 Å². The van der Waals surface area contributed by atoms with E-state index in [1.54, 1.807) is 12.1 Å². The van der Waals surface area contributed by atoms with Gasteiger partial charge in [0.25, 0.3) is 0 Å². The number of rotatable bonds is 4. The molecule has 1 saturated carbocycles. The zero-order valence-corrected chi connectivity index (χ0v) is 17.9. The number of aromatic nitrogens is 1. The molecule has 0 bridgehead atoms. The first-order valence-corrected chi connectivity index (χ1v) is 11.4. The molecule has 0 aliphatic heterocycles. The van der Waals surface area contributed by atoms with Crippen molar-refractivity contribution in [2.24, 2.45) is 0 Å². The van der Waals surface area contributed by atoms with E-state index in [4.69, 9.17) is 4.42 Å². The molecule has 0 atom stereocenters. The molecule has 6 nitrogen and oxygen atoms in total. The van der Waals surface area contributed by atoms with Crippen molar-refractivity contribution in [1.82, 2.24) is 4.98 Å². The highest BCUT2D eigenvalue weighted by Gasteiger charge is 2.46. The quantitative estimate of drug-likeness (QED) is 0.499. The Kier molecular flexibility index (Phi) is 4.55. The topological polar surface area (TPSA) is 101 Å². The monoisotopic (exact) mass is 506 g/mol. The van der Waals surface area contributed by atoms with E-state index in [9.17, 15) is 18.5 Å². The number of hydrogen-bond donors (Lipinski definition) is 0. The van der Waals surface area contributed by atoms with E-state index < -0.39 is 15.3 Å². The zero-order chi connectivity index (χ0) is 20.1. The molecule has 1 fully saturated rings. The third-order valence-electron chi connectivity index (χ3n) is 5.07. The third-order valence-corrected chi connectivity index (χ3v) is 7.49. The molecule has 4 rings (SSSR count). The molecule has 0 radical (unpaired) electrons. The first kappa shape index (κ1) is 19.1. The van der Waals surface area contributed by atoms with Crippen LogP contribution < -0.4 is 5.43 Å². The van der Waals surface area contributed by atoms with Crippen LogP contribution in [0.2, 0.25) is 0 Å². The molecule has 28 heavy (non-hydrogen) atoms. The lowest BCUT2D eigenvalue weighted by Gasteiger charge is -2.13. The lowest BCUT2D eigenvalue weighted by atomic mass is 9.99. The van der Waals surface area contributed by atoms with Gasteiger partial charge in [0.1, 0.15) is 11.8 Å². The predicted octanol–water partition coefficient (Wildman–Crippen LogP) is 3.81. The number of fused-ring (bicyclic) bond motifs is 1. The standard InChI is InChI=1S/C20H15IN2O4S/c1-2-28(25,26)17-7-12(20(11-22)5-6-20)9-23-18(17)15-10-27-16-4-3-13(21)8-14(16)19(15)24/h3-4,7-10H,2,5-6H2,1H3. The van der Waals surface area contributed by atoms with Crippen LogP contribution in [0.1, 0.15) is 25.3 Å². The van der Waals surface area contributed by atoms with Crippen LogP contribution in [-0.4, -0.2) is 19.2 Å². The van der Waals surface area contributed by atoms with Gasteiger partial charge in [-0.15, -0.1) is 0 Å². The highest BCUT2D eigenvalue weighted by atomic mass is 127. The van der Waals surface area contributed by atoms with Crippen LogP contribution in [0.4, 0.5) is 0 Å². The Hall–Kier alpha value is -2.25. The van der Waals surface area contributed by atoms with Gasteiger partial charge in [-0.25, -0.2) is 8.42 Å². The largest absolute Gasteiger partial charge is 0.463 e. The van der Waals surface area contributed by atoms with Crippen molar-refractivity contribution in [2.75, 3.05) is 5.75 Å². The molecule has 0 saturated heterocycles. The SMILES string of the molecule is CCS(=O)(=O)c1cc(C2(C#N)CC2)cnc1-c1coc2ccc(I)cc2c1=O. The molecule has 0 N–H and O–H groups in total. The summed E-state index contributed by atoms with van der Waals surface area (Å²) in [5.41, 5.74) is 0.142. The minimum absolute atomic E-state index is 0.0358. The van der Waals surface area contributed by atoms with Crippen molar-refractivity contribution in [2.45, 2.75) is 30.1 Å². The smallest absolute Gasteiger partial charge is 0.202 e. The van der Waals surface area contributed by atoms with Gasteiger partial charge in [0, 0.05) is 9.77 Å². The van der Waals surface area contributed by atoms with Crippen molar-refractivity contribution >= 4 is 43.4 Å². The molecule has 0 unspecified atom stereocenters. The second-order valence-corrected chi connectivity index (χ2v) is 10.3. The normalized spacial score (nSPS) is 15.3. The molecular weight excluding hydrogens is 491 g/mol. The van der Waals surface area contributed by atoms with Crippen LogP contribution in [0.25, 0.3) is 22.2 Å². The van der Waals surface area contributed by atoms with Crippen molar-refractivity contribution in [1.29, 1.82) is 5.26 Å². The number of halogens is 1. The van der Waals surface area contributed by atoms with E-state index in [2.05, 4.69) is 33.6 Å².